The zero-order valence-corrected chi connectivity index (χ0v) is 14.5. The van der Waals surface area contributed by atoms with Crippen LogP contribution < -0.4 is 5.43 Å². The molecule has 4 rings (SSSR count). The van der Waals surface area contributed by atoms with Crippen molar-refractivity contribution in [3.63, 3.8) is 0 Å². The minimum atomic E-state index is -0.238. The number of carbonyl (C=O) groups is 1. The van der Waals surface area contributed by atoms with Crippen molar-refractivity contribution in [3.8, 4) is 0 Å². The standard InChI is InChI=1S/C20H23N3O/c1-19(2)14-10-11-20(19,3)17(12-14)22-23-18(24)16-9-8-13-6-4-5-7-15(13)21-16/h4-9,14H,10-12H2,1-3H3,(H,23,24)/b22-17+/t14-,20+/m0/s1. The summed E-state index contributed by atoms with van der Waals surface area (Å²) in [7, 11) is 0. The first-order valence-corrected chi connectivity index (χ1v) is 8.65. The third-order valence-corrected chi connectivity index (χ3v) is 6.64. The number of hydrogen-bond donors (Lipinski definition) is 1. The van der Waals surface area contributed by atoms with Gasteiger partial charge in [-0.05, 0) is 42.7 Å². The Bertz CT molecular complexity index is 855. The Hall–Kier alpha value is -2.23. The number of amides is 1. The van der Waals surface area contributed by atoms with Crippen LogP contribution in [0.1, 0.15) is 50.5 Å². The zero-order valence-electron chi connectivity index (χ0n) is 14.5. The van der Waals surface area contributed by atoms with E-state index in [4.69, 9.17) is 0 Å². The summed E-state index contributed by atoms with van der Waals surface area (Å²) in [4.78, 5) is 16.9. The van der Waals surface area contributed by atoms with Crippen LogP contribution in [0.15, 0.2) is 41.5 Å². The van der Waals surface area contributed by atoms with Gasteiger partial charge in [-0.2, -0.15) is 5.10 Å². The molecular formula is C20H23N3O. The van der Waals surface area contributed by atoms with Gasteiger partial charge in [0.15, 0.2) is 0 Å². The first-order chi connectivity index (χ1) is 11.4. The van der Waals surface area contributed by atoms with Crippen LogP contribution in [0.25, 0.3) is 10.9 Å². The Labute approximate surface area is 142 Å². The van der Waals surface area contributed by atoms with Gasteiger partial charge in [0, 0.05) is 16.5 Å². The van der Waals surface area contributed by atoms with E-state index < -0.39 is 0 Å². The molecule has 0 saturated heterocycles. The highest BCUT2D eigenvalue weighted by molar-refractivity contribution is 5.98. The minimum Gasteiger partial charge on any atom is -0.266 e. The third-order valence-electron chi connectivity index (χ3n) is 6.64. The Morgan fingerprint density at radius 2 is 2.00 bits per heavy atom. The molecule has 0 aliphatic heterocycles. The van der Waals surface area contributed by atoms with Crippen LogP contribution in [0.3, 0.4) is 0 Å². The predicted molar refractivity (Wildman–Crippen MR) is 95.9 cm³/mol. The molecule has 2 aliphatic rings. The van der Waals surface area contributed by atoms with Gasteiger partial charge < -0.3 is 0 Å². The van der Waals surface area contributed by atoms with E-state index in [1.54, 1.807) is 6.07 Å². The Kier molecular flexibility index (Phi) is 3.27. The monoisotopic (exact) mass is 321 g/mol. The second-order valence-electron chi connectivity index (χ2n) is 7.88. The number of carbonyl (C=O) groups excluding carboxylic acids is 1. The number of rotatable bonds is 2. The molecule has 4 heteroatoms. The van der Waals surface area contributed by atoms with E-state index in [0.29, 0.717) is 11.6 Å². The number of nitrogens with one attached hydrogen (secondary N) is 1. The summed E-state index contributed by atoms with van der Waals surface area (Å²) in [6.07, 6.45) is 3.42. The molecule has 4 nitrogen and oxygen atoms in total. The van der Waals surface area contributed by atoms with Crippen molar-refractivity contribution >= 4 is 22.5 Å². The molecule has 1 aromatic heterocycles. The maximum absolute atomic E-state index is 12.4. The molecule has 2 fully saturated rings. The van der Waals surface area contributed by atoms with Crippen molar-refractivity contribution in [1.82, 2.24) is 10.4 Å². The van der Waals surface area contributed by atoms with Gasteiger partial charge >= 0.3 is 0 Å². The topological polar surface area (TPSA) is 54.4 Å². The number of nitrogens with zero attached hydrogens (tertiary/aromatic N) is 2. The Morgan fingerprint density at radius 1 is 1.21 bits per heavy atom. The van der Waals surface area contributed by atoms with E-state index in [1.165, 1.54) is 6.42 Å². The number of pyridine rings is 1. The predicted octanol–water partition coefficient (Wildman–Crippen LogP) is 4.17. The largest absolute Gasteiger partial charge is 0.289 e. The van der Waals surface area contributed by atoms with E-state index in [2.05, 4.69) is 36.3 Å². The van der Waals surface area contributed by atoms with Gasteiger partial charge in [-0.1, -0.05) is 45.0 Å². The third kappa shape index (κ3) is 2.09. The van der Waals surface area contributed by atoms with Gasteiger partial charge in [0.25, 0.3) is 5.91 Å². The molecule has 124 valence electrons. The Balaban J connectivity index is 1.56. The highest BCUT2D eigenvalue weighted by Crippen LogP contribution is 2.63. The van der Waals surface area contributed by atoms with E-state index in [-0.39, 0.29) is 16.7 Å². The number of hydrogen-bond acceptors (Lipinski definition) is 3. The molecule has 2 atom stereocenters. The number of hydrazone groups is 1. The van der Waals surface area contributed by atoms with Gasteiger partial charge in [-0.25, -0.2) is 10.4 Å². The smallest absolute Gasteiger partial charge is 0.266 e. The molecule has 1 amide bonds. The van der Waals surface area contributed by atoms with Crippen molar-refractivity contribution in [1.29, 1.82) is 0 Å². The first-order valence-electron chi connectivity index (χ1n) is 8.65. The van der Waals surface area contributed by atoms with Gasteiger partial charge in [-0.15, -0.1) is 0 Å². The van der Waals surface area contributed by atoms with Crippen molar-refractivity contribution in [2.24, 2.45) is 21.8 Å². The number of benzene rings is 1. The van der Waals surface area contributed by atoms with E-state index in [1.807, 2.05) is 30.3 Å². The van der Waals surface area contributed by atoms with Crippen LogP contribution in [0.5, 0.6) is 0 Å². The van der Waals surface area contributed by atoms with Crippen molar-refractivity contribution in [3.05, 3.63) is 42.1 Å². The molecule has 2 bridgehead atoms. The van der Waals surface area contributed by atoms with Crippen LogP contribution in [-0.4, -0.2) is 16.6 Å². The molecule has 2 saturated carbocycles. The average Bonchev–Trinajstić information content (AvgIpc) is 2.92. The fraction of sp³-hybridized carbons (Fsp3) is 0.450. The Morgan fingerprint density at radius 3 is 2.71 bits per heavy atom. The van der Waals surface area contributed by atoms with Crippen LogP contribution in [-0.2, 0) is 0 Å². The average molecular weight is 321 g/mol. The maximum atomic E-state index is 12.4. The number of para-hydroxylation sites is 1. The van der Waals surface area contributed by atoms with Gasteiger partial charge in [-0.3, -0.25) is 4.79 Å². The van der Waals surface area contributed by atoms with Gasteiger partial charge in [0.05, 0.1) is 5.52 Å². The van der Waals surface area contributed by atoms with Crippen LogP contribution in [0, 0.1) is 16.7 Å². The van der Waals surface area contributed by atoms with E-state index >= 15 is 0 Å². The fourth-order valence-electron chi connectivity index (χ4n) is 4.47. The molecule has 1 aromatic carbocycles. The molecule has 0 spiro atoms. The van der Waals surface area contributed by atoms with Crippen molar-refractivity contribution < 1.29 is 4.79 Å². The molecule has 1 N–H and O–H groups in total. The highest BCUT2D eigenvalue weighted by Gasteiger charge is 2.60. The number of fused-ring (bicyclic) bond motifs is 3. The quantitative estimate of drug-likeness (QED) is 0.844. The summed E-state index contributed by atoms with van der Waals surface area (Å²) < 4.78 is 0. The summed E-state index contributed by atoms with van der Waals surface area (Å²) in [5, 5.41) is 5.54. The normalized spacial score (nSPS) is 29.3. The van der Waals surface area contributed by atoms with Crippen LogP contribution in [0.4, 0.5) is 0 Å². The fourth-order valence-corrected chi connectivity index (χ4v) is 4.47. The van der Waals surface area contributed by atoms with Crippen LogP contribution in [0.2, 0.25) is 0 Å². The summed E-state index contributed by atoms with van der Waals surface area (Å²) >= 11 is 0. The zero-order chi connectivity index (χ0) is 16.9. The van der Waals surface area contributed by atoms with Crippen molar-refractivity contribution in [2.75, 3.05) is 0 Å². The SMILES string of the molecule is CC1(C)[C@H]2CC[C@]1(C)/C(=N/NC(=O)c1ccc3ccccc3n1)C2. The summed E-state index contributed by atoms with van der Waals surface area (Å²) in [6.45, 7) is 6.96. The van der Waals surface area contributed by atoms with Gasteiger partial charge in [0.2, 0.25) is 0 Å². The minimum absolute atomic E-state index is 0.0990. The van der Waals surface area contributed by atoms with E-state index in [0.717, 1.165) is 29.5 Å². The maximum Gasteiger partial charge on any atom is 0.289 e. The lowest BCUT2D eigenvalue weighted by Crippen LogP contribution is -2.34. The molecule has 24 heavy (non-hydrogen) atoms. The lowest BCUT2D eigenvalue weighted by atomic mass is 9.70. The number of aromatic nitrogens is 1. The molecular weight excluding hydrogens is 298 g/mol. The van der Waals surface area contributed by atoms with Gasteiger partial charge in [0.1, 0.15) is 5.69 Å². The summed E-state index contributed by atoms with van der Waals surface area (Å²) in [5.74, 6) is 0.439. The first kappa shape index (κ1) is 15.3. The lowest BCUT2D eigenvalue weighted by molar-refractivity contribution is 0.0949. The molecule has 2 aromatic rings. The summed E-state index contributed by atoms with van der Waals surface area (Å²) in [6, 6.07) is 11.5. The molecule has 2 aliphatic carbocycles. The second-order valence-corrected chi connectivity index (χ2v) is 7.88. The lowest BCUT2D eigenvalue weighted by Gasteiger charge is -2.34. The van der Waals surface area contributed by atoms with E-state index in [9.17, 15) is 4.79 Å². The van der Waals surface area contributed by atoms with Crippen LogP contribution >= 0.6 is 0 Å². The molecule has 1 heterocycles. The summed E-state index contributed by atoms with van der Waals surface area (Å²) in [5.41, 5.74) is 5.47. The second kappa shape index (κ2) is 5.13. The molecule has 0 unspecified atom stereocenters. The van der Waals surface area contributed by atoms with Crippen molar-refractivity contribution in [2.45, 2.75) is 40.0 Å². The highest BCUT2D eigenvalue weighted by atomic mass is 16.2. The molecule has 0 radical (unpaired) electrons.